The Balaban J connectivity index is 4.72. The van der Waals surface area contributed by atoms with Crippen molar-refractivity contribution in [2.75, 3.05) is 6.54 Å². The average Bonchev–Trinajstić information content (AvgIpc) is 2.77. The lowest BCUT2D eigenvalue weighted by Crippen LogP contribution is -2.57. The van der Waals surface area contributed by atoms with Crippen molar-refractivity contribution < 1.29 is 33.9 Å². The van der Waals surface area contributed by atoms with E-state index in [9.17, 15) is 33.9 Å². The third kappa shape index (κ3) is 12.1. The third-order valence-electron chi connectivity index (χ3n) is 4.98. The first-order valence-corrected chi connectivity index (χ1v) is 11.4. The largest absolute Gasteiger partial charge is 0.480 e. The predicted molar refractivity (Wildman–Crippen MR) is 127 cm³/mol. The number of hydrogen-bond acceptors (Lipinski definition) is 8. The molecule has 200 valence electrons. The molecule has 0 saturated carbocycles. The molecule has 0 aromatic heterocycles. The number of nitrogens with one attached hydrogen (secondary N) is 5. The van der Waals surface area contributed by atoms with E-state index in [2.05, 4.69) is 26.6 Å². The van der Waals surface area contributed by atoms with Gasteiger partial charge in [0.15, 0.2) is 0 Å². The standard InChI is InChI=1S/C21H39N7O7/c1-10(23)16(29)24-11(2)17(30)25-12(3)18(31)26-13(4)19(32)27-14(5)20(33)28-15(21(34)35)8-6-7-9-22/h10-15H,6-9,22-23H2,1-5H3,(H,24,29)(H,25,30)(H,26,31)(H,27,32)(H,28,33)(H,34,35)/t10-,11-,12-,13-,14-,15-/m0/s1. The van der Waals surface area contributed by atoms with Gasteiger partial charge >= 0.3 is 5.97 Å². The summed E-state index contributed by atoms with van der Waals surface area (Å²) in [7, 11) is 0. The Morgan fingerprint density at radius 3 is 1.29 bits per heavy atom. The van der Waals surface area contributed by atoms with Crippen LogP contribution >= 0.6 is 0 Å². The second kappa shape index (κ2) is 15.6. The summed E-state index contributed by atoms with van der Waals surface area (Å²) < 4.78 is 0. The third-order valence-corrected chi connectivity index (χ3v) is 4.98. The van der Waals surface area contributed by atoms with Gasteiger partial charge < -0.3 is 43.2 Å². The molecular weight excluding hydrogens is 462 g/mol. The van der Waals surface area contributed by atoms with Crippen molar-refractivity contribution in [3.05, 3.63) is 0 Å². The lowest BCUT2D eigenvalue weighted by Gasteiger charge is -2.22. The van der Waals surface area contributed by atoms with Crippen LogP contribution in [-0.2, 0) is 28.8 Å². The van der Waals surface area contributed by atoms with E-state index in [1.165, 1.54) is 34.6 Å². The second-order valence-electron chi connectivity index (χ2n) is 8.39. The highest BCUT2D eigenvalue weighted by Crippen LogP contribution is 2.02. The van der Waals surface area contributed by atoms with Crippen LogP contribution in [0.1, 0.15) is 53.9 Å². The molecule has 0 saturated heterocycles. The molecule has 10 N–H and O–H groups in total. The Bertz CT molecular complexity index is 775. The van der Waals surface area contributed by atoms with Gasteiger partial charge in [0, 0.05) is 0 Å². The van der Waals surface area contributed by atoms with Crippen LogP contribution in [0.2, 0.25) is 0 Å². The maximum atomic E-state index is 12.4. The summed E-state index contributed by atoms with van der Waals surface area (Å²) in [6, 6.07) is -6.01. The molecule has 0 heterocycles. The van der Waals surface area contributed by atoms with Crippen LogP contribution in [0.4, 0.5) is 0 Å². The van der Waals surface area contributed by atoms with Crippen LogP contribution in [0.15, 0.2) is 0 Å². The van der Waals surface area contributed by atoms with E-state index in [4.69, 9.17) is 11.5 Å². The van der Waals surface area contributed by atoms with Crippen molar-refractivity contribution in [1.82, 2.24) is 26.6 Å². The summed E-state index contributed by atoms with van der Waals surface area (Å²) >= 11 is 0. The molecule has 0 unspecified atom stereocenters. The van der Waals surface area contributed by atoms with Gasteiger partial charge in [0.05, 0.1) is 6.04 Å². The van der Waals surface area contributed by atoms with Gasteiger partial charge in [0.2, 0.25) is 29.5 Å². The topological polar surface area (TPSA) is 235 Å². The number of nitrogens with two attached hydrogens (primary N) is 2. The van der Waals surface area contributed by atoms with Crippen molar-refractivity contribution in [2.24, 2.45) is 11.5 Å². The fourth-order valence-electron chi connectivity index (χ4n) is 2.67. The molecule has 0 rings (SSSR count). The zero-order valence-corrected chi connectivity index (χ0v) is 20.8. The number of hydrogen-bond donors (Lipinski definition) is 8. The minimum absolute atomic E-state index is 0.197. The van der Waals surface area contributed by atoms with Crippen LogP contribution in [0.5, 0.6) is 0 Å². The minimum Gasteiger partial charge on any atom is -0.480 e. The first-order valence-electron chi connectivity index (χ1n) is 11.4. The van der Waals surface area contributed by atoms with Gasteiger partial charge in [-0.25, -0.2) is 4.79 Å². The van der Waals surface area contributed by atoms with E-state index in [0.717, 1.165) is 0 Å². The van der Waals surface area contributed by atoms with Gasteiger partial charge in [-0.05, 0) is 60.4 Å². The Hall–Kier alpha value is -3.26. The summed E-state index contributed by atoms with van der Waals surface area (Å²) in [5, 5.41) is 21.2. The van der Waals surface area contributed by atoms with Crippen LogP contribution < -0.4 is 38.1 Å². The van der Waals surface area contributed by atoms with Crippen molar-refractivity contribution in [1.29, 1.82) is 0 Å². The molecule has 6 atom stereocenters. The van der Waals surface area contributed by atoms with Gasteiger partial charge in [-0.1, -0.05) is 0 Å². The van der Waals surface area contributed by atoms with E-state index >= 15 is 0 Å². The SMILES string of the molecule is C[C@H](N)C(=O)N[C@@H](C)C(=O)N[C@@H](C)C(=O)N[C@@H](C)C(=O)N[C@@H](C)C(=O)N[C@@H](CCCCN)C(=O)O. The van der Waals surface area contributed by atoms with Crippen molar-refractivity contribution in [2.45, 2.75) is 90.1 Å². The monoisotopic (exact) mass is 501 g/mol. The van der Waals surface area contributed by atoms with Gasteiger partial charge in [-0.15, -0.1) is 0 Å². The first-order chi connectivity index (χ1) is 16.2. The number of aliphatic carboxylic acids is 1. The summed E-state index contributed by atoms with van der Waals surface area (Å²) in [4.78, 5) is 72.1. The molecular formula is C21H39N7O7. The smallest absolute Gasteiger partial charge is 0.326 e. The predicted octanol–water partition coefficient (Wildman–Crippen LogP) is -2.95. The summed E-state index contributed by atoms with van der Waals surface area (Å²) in [5.41, 5.74) is 10.8. The maximum Gasteiger partial charge on any atom is 0.326 e. The van der Waals surface area contributed by atoms with E-state index in [1.807, 2.05) is 0 Å². The fourth-order valence-corrected chi connectivity index (χ4v) is 2.67. The number of carboxylic acid groups (broad SMARTS) is 1. The zero-order valence-electron chi connectivity index (χ0n) is 20.8. The maximum absolute atomic E-state index is 12.4. The van der Waals surface area contributed by atoms with Crippen molar-refractivity contribution in [3.63, 3.8) is 0 Å². The van der Waals surface area contributed by atoms with Crippen LogP contribution in [-0.4, -0.2) is 83.4 Å². The lowest BCUT2D eigenvalue weighted by molar-refractivity contribution is -0.142. The van der Waals surface area contributed by atoms with Gasteiger partial charge in [0.25, 0.3) is 0 Å². The molecule has 0 spiro atoms. The highest BCUT2D eigenvalue weighted by Gasteiger charge is 2.27. The lowest BCUT2D eigenvalue weighted by atomic mass is 10.1. The summed E-state index contributed by atoms with van der Waals surface area (Å²) in [5.74, 6) is -4.40. The normalized spacial score (nSPS) is 15.9. The number of amides is 5. The molecule has 0 aromatic carbocycles. The molecule has 0 fully saturated rings. The van der Waals surface area contributed by atoms with Crippen LogP contribution in [0.25, 0.3) is 0 Å². The number of unbranched alkanes of at least 4 members (excludes halogenated alkanes) is 1. The Morgan fingerprint density at radius 1 is 0.629 bits per heavy atom. The molecule has 14 nitrogen and oxygen atoms in total. The van der Waals surface area contributed by atoms with E-state index in [1.54, 1.807) is 0 Å². The number of carbonyl (C=O) groups is 6. The number of carbonyl (C=O) groups excluding carboxylic acids is 5. The van der Waals surface area contributed by atoms with E-state index in [-0.39, 0.29) is 6.42 Å². The minimum atomic E-state index is -1.20. The molecule has 5 amide bonds. The molecule has 0 radical (unpaired) electrons. The first kappa shape index (κ1) is 31.7. The molecule has 0 aliphatic heterocycles. The molecule has 14 heteroatoms. The van der Waals surface area contributed by atoms with Gasteiger partial charge in [-0.2, -0.15) is 0 Å². The van der Waals surface area contributed by atoms with Crippen molar-refractivity contribution in [3.8, 4) is 0 Å². The number of rotatable bonds is 15. The molecule has 0 bridgehead atoms. The molecule has 0 aliphatic carbocycles. The number of carboxylic acids is 1. The summed E-state index contributed by atoms with van der Waals surface area (Å²) in [6.07, 6.45) is 1.33. The fraction of sp³-hybridized carbons (Fsp3) is 0.714. The Kier molecular flexibility index (Phi) is 14.2. The van der Waals surface area contributed by atoms with E-state index < -0.39 is 71.8 Å². The molecule has 0 aliphatic rings. The van der Waals surface area contributed by atoms with Gasteiger partial charge in [-0.3, -0.25) is 24.0 Å². The highest BCUT2D eigenvalue weighted by molar-refractivity contribution is 5.95. The van der Waals surface area contributed by atoms with Crippen LogP contribution in [0.3, 0.4) is 0 Å². The zero-order chi connectivity index (χ0) is 27.3. The van der Waals surface area contributed by atoms with Gasteiger partial charge in [0.1, 0.15) is 30.2 Å². The average molecular weight is 502 g/mol. The Morgan fingerprint density at radius 2 is 0.971 bits per heavy atom. The summed E-state index contributed by atoms with van der Waals surface area (Å²) in [6.45, 7) is 7.44. The molecule has 35 heavy (non-hydrogen) atoms. The van der Waals surface area contributed by atoms with Crippen molar-refractivity contribution >= 4 is 35.5 Å². The van der Waals surface area contributed by atoms with Crippen LogP contribution in [0, 0.1) is 0 Å². The second-order valence-corrected chi connectivity index (χ2v) is 8.39. The highest BCUT2D eigenvalue weighted by atomic mass is 16.4. The molecule has 0 aromatic rings. The van der Waals surface area contributed by atoms with E-state index in [0.29, 0.717) is 19.4 Å². The Labute approximate surface area is 204 Å². The quantitative estimate of drug-likeness (QED) is 0.107.